The summed E-state index contributed by atoms with van der Waals surface area (Å²) in [5.41, 5.74) is 0. The van der Waals surface area contributed by atoms with Crippen molar-refractivity contribution in [3.05, 3.63) is 36.5 Å². The van der Waals surface area contributed by atoms with E-state index < -0.39 is 0 Å². The molecule has 142 valence electrons. The van der Waals surface area contributed by atoms with Crippen LogP contribution >= 0.6 is 0 Å². The van der Waals surface area contributed by atoms with Crippen molar-refractivity contribution >= 4 is 5.97 Å². The molecule has 0 aromatic carbocycles. The van der Waals surface area contributed by atoms with Crippen molar-refractivity contribution < 1.29 is 14.6 Å². The van der Waals surface area contributed by atoms with Crippen molar-refractivity contribution in [2.75, 3.05) is 7.11 Å². The molecule has 1 aliphatic rings. The first-order chi connectivity index (χ1) is 12.2. The van der Waals surface area contributed by atoms with Crippen LogP contribution in [0.1, 0.15) is 71.1 Å². The third-order valence-electron chi connectivity index (χ3n) is 4.75. The molecule has 0 aromatic heterocycles. The Morgan fingerprint density at radius 3 is 2.64 bits per heavy atom. The van der Waals surface area contributed by atoms with Crippen LogP contribution in [0.3, 0.4) is 0 Å². The Morgan fingerprint density at radius 1 is 1.12 bits per heavy atom. The Labute approximate surface area is 153 Å². The molecule has 0 radical (unpaired) electrons. The van der Waals surface area contributed by atoms with Crippen molar-refractivity contribution in [2.24, 2.45) is 11.8 Å². The first-order valence-electron chi connectivity index (χ1n) is 9.90. The molecule has 1 fully saturated rings. The SMILES string of the molecule is CCCCC/C=C\C[C@@H]1C[C@H]1[C@H](O)/C=C\C/C=C\CCCC(=O)OC. The topological polar surface area (TPSA) is 46.5 Å². The molecule has 3 heteroatoms. The zero-order valence-electron chi connectivity index (χ0n) is 16.0. The van der Waals surface area contributed by atoms with E-state index in [2.05, 4.69) is 36.0 Å². The molecular weight excluding hydrogens is 312 g/mol. The van der Waals surface area contributed by atoms with Gasteiger partial charge in [-0.15, -0.1) is 0 Å². The number of carbonyl (C=O) groups is 1. The van der Waals surface area contributed by atoms with Gasteiger partial charge in [-0.3, -0.25) is 4.79 Å². The van der Waals surface area contributed by atoms with E-state index in [1.54, 1.807) is 0 Å². The van der Waals surface area contributed by atoms with Crippen LogP contribution in [0, 0.1) is 11.8 Å². The van der Waals surface area contributed by atoms with E-state index in [9.17, 15) is 9.90 Å². The zero-order chi connectivity index (χ0) is 18.3. The minimum Gasteiger partial charge on any atom is -0.469 e. The second-order valence-electron chi connectivity index (χ2n) is 6.96. The van der Waals surface area contributed by atoms with Crippen molar-refractivity contribution in [1.82, 2.24) is 0 Å². The maximum absolute atomic E-state index is 11.0. The predicted molar refractivity (Wildman–Crippen MR) is 104 cm³/mol. The summed E-state index contributed by atoms with van der Waals surface area (Å²) in [7, 11) is 1.42. The van der Waals surface area contributed by atoms with Crippen molar-refractivity contribution in [1.29, 1.82) is 0 Å². The number of esters is 1. The molecule has 0 amide bonds. The highest BCUT2D eigenvalue weighted by molar-refractivity contribution is 5.69. The number of hydrogen-bond donors (Lipinski definition) is 1. The van der Waals surface area contributed by atoms with Crippen LogP contribution in [-0.2, 0) is 9.53 Å². The number of hydrogen-bond acceptors (Lipinski definition) is 3. The van der Waals surface area contributed by atoms with Crippen molar-refractivity contribution in [2.45, 2.75) is 77.2 Å². The van der Waals surface area contributed by atoms with Gasteiger partial charge in [0.2, 0.25) is 0 Å². The summed E-state index contributed by atoms with van der Waals surface area (Å²) in [5.74, 6) is 0.961. The monoisotopic (exact) mass is 348 g/mol. The third-order valence-corrected chi connectivity index (χ3v) is 4.75. The van der Waals surface area contributed by atoms with Gasteiger partial charge in [-0.2, -0.15) is 0 Å². The molecule has 3 atom stereocenters. The van der Waals surface area contributed by atoms with Gasteiger partial charge in [0.05, 0.1) is 13.2 Å². The number of carbonyl (C=O) groups excluding carboxylic acids is 1. The van der Waals surface area contributed by atoms with Gasteiger partial charge in [0, 0.05) is 6.42 Å². The number of methoxy groups -OCH3 is 1. The molecule has 1 rings (SSSR count). The number of allylic oxidation sites excluding steroid dienone is 5. The fourth-order valence-corrected chi connectivity index (χ4v) is 2.98. The molecular formula is C22H36O3. The lowest BCUT2D eigenvalue weighted by Crippen LogP contribution is -2.06. The normalized spacial score (nSPS) is 21.4. The summed E-state index contributed by atoms with van der Waals surface area (Å²) in [4.78, 5) is 11.0. The van der Waals surface area contributed by atoms with Crippen molar-refractivity contribution in [3.63, 3.8) is 0 Å². The van der Waals surface area contributed by atoms with E-state index in [1.165, 1.54) is 32.8 Å². The first kappa shape index (κ1) is 21.7. The fraction of sp³-hybridized carbons (Fsp3) is 0.682. The van der Waals surface area contributed by atoms with E-state index in [-0.39, 0.29) is 12.1 Å². The van der Waals surface area contributed by atoms with Gasteiger partial charge in [0.25, 0.3) is 0 Å². The average Bonchev–Trinajstić information content (AvgIpc) is 3.39. The quantitative estimate of drug-likeness (QED) is 0.261. The summed E-state index contributed by atoms with van der Waals surface area (Å²) in [6.45, 7) is 2.23. The third kappa shape index (κ3) is 11.0. The van der Waals surface area contributed by atoms with E-state index >= 15 is 0 Å². The molecule has 1 N–H and O–H groups in total. The van der Waals surface area contributed by atoms with Crippen LogP contribution in [0.4, 0.5) is 0 Å². The van der Waals surface area contributed by atoms with Gasteiger partial charge in [0.15, 0.2) is 0 Å². The Hall–Kier alpha value is -1.35. The summed E-state index contributed by atoms with van der Waals surface area (Å²) in [6.07, 6.45) is 22.8. The van der Waals surface area contributed by atoms with E-state index in [0.29, 0.717) is 18.3 Å². The van der Waals surface area contributed by atoms with Gasteiger partial charge >= 0.3 is 5.97 Å². The standard InChI is InChI=1S/C22H36O3/c1-3-4-5-6-9-12-15-19-18-20(19)21(23)16-13-10-7-8-11-14-17-22(24)25-2/h7-9,12-13,16,19-21,23H,3-6,10-11,14-15,17-18H2,1-2H3/b8-7-,12-9-,16-13-/t19-,20-,21-/m1/s1. The maximum Gasteiger partial charge on any atom is 0.305 e. The van der Waals surface area contributed by atoms with Gasteiger partial charge in [-0.1, -0.05) is 56.2 Å². The van der Waals surface area contributed by atoms with E-state index in [0.717, 1.165) is 32.1 Å². The number of aliphatic hydroxyl groups is 1. The van der Waals surface area contributed by atoms with E-state index in [1.807, 2.05) is 12.2 Å². The maximum atomic E-state index is 11.0. The largest absolute Gasteiger partial charge is 0.469 e. The number of aliphatic hydroxyl groups excluding tert-OH is 1. The number of ether oxygens (including phenoxy) is 1. The van der Waals surface area contributed by atoms with Crippen LogP contribution < -0.4 is 0 Å². The molecule has 0 unspecified atom stereocenters. The van der Waals surface area contributed by atoms with Crippen LogP contribution in [0.15, 0.2) is 36.5 Å². The molecule has 0 saturated heterocycles. The van der Waals surface area contributed by atoms with Crippen LogP contribution in [0.5, 0.6) is 0 Å². The van der Waals surface area contributed by atoms with Crippen LogP contribution in [-0.4, -0.2) is 24.3 Å². The molecule has 0 spiro atoms. The van der Waals surface area contributed by atoms with Crippen molar-refractivity contribution in [3.8, 4) is 0 Å². The van der Waals surface area contributed by atoms with Gasteiger partial charge in [0.1, 0.15) is 0 Å². The van der Waals surface area contributed by atoms with Crippen LogP contribution in [0.25, 0.3) is 0 Å². The lowest BCUT2D eigenvalue weighted by Gasteiger charge is -2.03. The average molecular weight is 349 g/mol. The highest BCUT2D eigenvalue weighted by Crippen LogP contribution is 2.44. The molecule has 0 aromatic rings. The van der Waals surface area contributed by atoms with Crippen LogP contribution in [0.2, 0.25) is 0 Å². The smallest absolute Gasteiger partial charge is 0.305 e. The number of rotatable bonds is 14. The Kier molecular flexibility index (Phi) is 12.0. The molecule has 1 saturated carbocycles. The Bertz CT molecular complexity index is 437. The molecule has 0 aliphatic heterocycles. The molecule has 25 heavy (non-hydrogen) atoms. The highest BCUT2D eigenvalue weighted by Gasteiger charge is 2.40. The molecule has 0 heterocycles. The lowest BCUT2D eigenvalue weighted by molar-refractivity contribution is -0.140. The first-order valence-corrected chi connectivity index (χ1v) is 9.90. The Morgan fingerprint density at radius 2 is 1.88 bits per heavy atom. The van der Waals surface area contributed by atoms with E-state index in [4.69, 9.17) is 0 Å². The minimum atomic E-state index is -0.300. The molecule has 0 bridgehead atoms. The van der Waals surface area contributed by atoms with Gasteiger partial charge < -0.3 is 9.84 Å². The Balaban J connectivity index is 2.04. The van der Waals surface area contributed by atoms with Gasteiger partial charge in [-0.25, -0.2) is 0 Å². The zero-order valence-corrected chi connectivity index (χ0v) is 16.0. The summed E-state index contributed by atoms with van der Waals surface area (Å²) in [6, 6.07) is 0. The van der Waals surface area contributed by atoms with Gasteiger partial charge in [-0.05, 0) is 56.8 Å². The predicted octanol–water partition coefficient (Wildman–Crippen LogP) is 5.36. The second-order valence-corrected chi connectivity index (χ2v) is 6.96. The lowest BCUT2D eigenvalue weighted by atomic mass is 10.1. The highest BCUT2D eigenvalue weighted by atomic mass is 16.5. The number of unbranched alkanes of at least 4 members (excludes halogenated alkanes) is 4. The molecule has 1 aliphatic carbocycles. The second kappa shape index (κ2) is 13.9. The molecule has 3 nitrogen and oxygen atoms in total. The minimum absolute atomic E-state index is 0.147. The fourth-order valence-electron chi connectivity index (χ4n) is 2.98. The summed E-state index contributed by atoms with van der Waals surface area (Å²) in [5, 5.41) is 10.2. The summed E-state index contributed by atoms with van der Waals surface area (Å²) < 4.78 is 4.60. The summed E-state index contributed by atoms with van der Waals surface area (Å²) >= 11 is 0.